The Morgan fingerprint density at radius 2 is 2.16 bits per heavy atom. The molecule has 1 aromatic rings. The lowest BCUT2D eigenvalue weighted by Crippen LogP contribution is -2.50. The van der Waals surface area contributed by atoms with Crippen molar-refractivity contribution in [1.29, 1.82) is 0 Å². The van der Waals surface area contributed by atoms with Crippen LogP contribution in [0.25, 0.3) is 0 Å². The van der Waals surface area contributed by atoms with Crippen LogP contribution in [0.1, 0.15) is 12.5 Å². The number of rotatable bonds is 5. The molecule has 1 aromatic carbocycles. The third-order valence-electron chi connectivity index (χ3n) is 3.54. The third-order valence-corrected chi connectivity index (χ3v) is 4.03. The lowest BCUT2D eigenvalue weighted by atomic mass is 10.2. The quantitative estimate of drug-likeness (QED) is 0.864. The van der Waals surface area contributed by atoms with Gasteiger partial charge in [0.25, 0.3) is 0 Å². The summed E-state index contributed by atoms with van der Waals surface area (Å²) in [4.78, 5) is 2.46. The first-order valence-corrected chi connectivity index (χ1v) is 7.55. The monoisotopic (exact) mass is 329 g/mol. The van der Waals surface area contributed by atoms with Gasteiger partial charge in [-0.1, -0.05) is 15.9 Å². The number of halogens is 2. The van der Waals surface area contributed by atoms with Crippen LogP contribution in [0.4, 0.5) is 4.39 Å². The summed E-state index contributed by atoms with van der Waals surface area (Å²) in [7, 11) is 0. The Balaban J connectivity index is 1.77. The molecule has 5 heteroatoms. The van der Waals surface area contributed by atoms with E-state index in [1.165, 1.54) is 6.07 Å². The SMILES string of the molecule is CC(CNCc1cc(Br)ccc1F)N1CCNCC1. The molecule has 0 spiro atoms. The van der Waals surface area contributed by atoms with Crippen molar-refractivity contribution in [3.63, 3.8) is 0 Å². The molecule has 106 valence electrons. The molecule has 1 fully saturated rings. The van der Waals surface area contributed by atoms with Crippen LogP contribution >= 0.6 is 15.9 Å². The number of benzene rings is 1. The molecule has 0 amide bonds. The van der Waals surface area contributed by atoms with Crippen molar-refractivity contribution in [3.8, 4) is 0 Å². The Morgan fingerprint density at radius 1 is 1.42 bits per heavy atom. The van der Waals surface area contributed by atoms with Gasteiger partial charge in [0.15, 0.2) is 0 Å². The zero-order valence-corrected chi connectivity index (χ0v) is 12.8. The summed E-state index contributed by atoms with van der Waals surface area (Å²) >= 11 is 3.37. The zero-order valence-electron chi connectivity index (χ0n) is 11.3. The van der Waals surface area contributed by atoms with E-state index in [0.29, 0.717) is 18.2 Å². The Hall–Kier alpha value is -0.490. The Labute approximate surface area is 122 Å². The number of hydrogen-bond acceptors (Lipinski definition) is 3. The third kappa shape index (κ3) is 4.53. The molecule has 3 nitrogen and oxygen atoms in total. The van der Waals surface area contributed by atoms with Gasteiger partial charge in [-0.05, 0) is 25.1 Å². The van der Waals surface area contributed by atoms with Crippen LogP contribution in [0.15, 0.2) is 22.7 Å². The predicted octanol–water partition coefficient (Wildman–Crippen LogP) is 1.97. The normalized spacial score (nSPS) is 18.5. The topological polar surface area (TPSA) is 27.3 Å². The first-order chi connectivity index (χ1) is 9.16. The smallest absolute Gasteiger partial charge is 0.127 e. The average molecular weight is 330 g/mol. The van der Waals surface area contributed by atoms with Crippen LogP contribution in [0, 0.1) is 5.82 Å². The standard InChI is InChI=1S/C14H21BrFN3/c1-11(19-6-4-17-5-7-19)9-18-10-12-8-13(15)2-3-14(12)16/h2-3,8,11,17-18H,4-7,9-10H2,1H3. The summed E-state index contributed by atoms with van der Waals surface area (Å²) in [6, 6.07) is 5.54. The summed E-state index contributed by atoms with van der Waals surface area (Å²) in [5, 5.41) is 6.69. The molecular weight excluding hydrogens is 309 g/mol. The second-order valence-corrected chi connectivity index (χ2v) is 5.92. The minimum atomic E-state index is -0.148. The molecule has 0 bridgehead atoms. The van der Waals surface area contributed by atoms with Gasteiger partial charge in [-0.25, -0.2) is 4.39 Å². The fourth-order valence-corrected chi connectivity index (χ4v) is 2.76. The fourth-order valence-electron chi connectivity index (χ4n) is 2.35. The molecule has 2 N–H and O–H groups in total. The molecule has 1 heterocycles. The van der Waals surface area contributed by atoms with Gasteiger partial charge in [0.2, 0.25) is 0 Å². The molecule has 1 unspecified atom stereocenters. The zero-order chi connectivity index (χ0) is 13.7. The number of piperazine rings is 1. The van der Waals surface area contributed by atoms with Crippen molar-refractivity contribution >= 4 is 15.9 Å². The van der Waals surface area contributed by atoms with E-state index < -0.39 is 0 Å². The first kappa shape index (κ1) is 14.9. The highest BCUT2D eigenvalue weighted by Crippen LogP contribution is 2.15. The van der Waals surface area contributed by atoms with E-state index in [4.69, 9.17) is 0 Å². The van der Waals surface area contributed by atoms with Crippen LogP contribution in [-0.4, -0.2) is 43.7 Å². The fraction of sp³-hybridized carbons (Fsp3) is 0.571. The molecule has 0 saturated carbocycles. The maximum absolute atomic E-state index is 13.6. The number of nitrogens with zero attached hydrogens (tertiary/aromatic N) is 1. The summed E-state index contributed by atoms with van der Waals surface area (Å²) in [6.45, 7) is 7.97. The van der Waals surface area contributed by atoms with E-state index in [-0.39, 0.29) is 5.82 Å². The van der Waals surface area contributed by atoms with Gasteiger partial charge in [0, 0.05) is 55.3 Å². The summed E-state index contributed by atoms with van der Waals surface area (Å²) in [5.41, 5.74) is 0.710. The molecule has 0 radical (unpaired) electrons. The van der Waals surface area contributed by atoms with Crippen molar-refractivity contribution < 1.29 is 4.39 Å². The molecule has 1 saturated heterocycles. The lowest BCUT2D eigenvalue weighted by molar-refractivity contribution is 0.180. The number of hydrogen-bond donors (Lipinski definition) is 2. The van der Waals surface area contributed by atoms with Crippen molar-refractivity contribution in [1.82, 2.24) is 15.5 Å². The largest absolute Gasteiger partial charge is 0.314 e. The van der Waals surface area contributed by atoms with Gasteiger partial charge in [-0.2, -0.15) is 0 Å². The van der Waals surface area contributed by atoms with Gasteiger partial charge in [0.1, 0.15) is 5.82 Å². The summed E-state index contributed by atoms with van der Waals surface area (Å²) in [6.07, 6.45) is 0. The highest BCUT2D eigenvalue weighted by atomic mass is 79.9. The highest BCUT2D eigenvalue weighted by Gasteiger charge is 2.15. The van der Waals surface area contributed by atoms with Crippen LogP contribution < -0.4 is 10.6 Å². The van der Waals surface area contributed by atoms with Crippen molar-refractivity contribution in [2.75, 3.05) is 32.7 Å². The van der Waals surface area contributed by atoms with Crippen molar-refractivity contribution in [2.24, 2.45) is 0 Å². The molecule has 1 aliphatic heterocycles. The maximum Gasteiger partial charge on any atom is 0.127 e. The summed E-state index contributed by atoms with van der Waals surface area (Å²) in [5.74, 6) is -0.148. The van der Waals surface area contributed by atoms with Gasteiger partial charge in [-0.15, -0.1) is 0 Å². The molecular formula is C14H21BrFN3. The molecule has 0 aliphatic carbocycles. The van der Waals surface area contributed by atoms with E-state index >= 15 is 0 Å². The van der Waals surface area contributed by atoms with Gasteiger partial charge >= 0.3 is 0 Å². The van der Waals surface area contributed by atoms with E-state index in [1.54, 1.807) is 6.07 Å². The van der Waals surface area contributed by atoms with E-state index in [2.05, 4.69) is 38.4 Å². The minimum Gasteiger partial charge on any atom is -0.314 e. The average Bonchev–Trinajstić information content (AvgIpc) is 2.43. The second kappa shape index (κ2) is 7.33. The minimum absolute atomic E-state index is 0.148. The van der Waals surface area contributed by atoms with Crippen LogP contribution in [-0.2, 0) is 6.54 Å². The summed E-state index contributed by atoms with van der Waals surface area (Å²) < 4.78 is 14.5. The second-order valence-electron chi connectivity index (χ2n) is 5.00. The maximum atomic E-state index is 13.6. The lowest BCUT2D eigenvalue weighted by Gasteiger charge is -2.32. The molecule has 0 aromatic heterocycles. The molecule has 19 heavy (non-hydrogen) atoms. The van der Waals surface area contributed by atoms with Crippen LogP contribution in [0.3, 0.4) is 0 Å². The van der Waals surface area contributed by atoms with E-state index in [9.17, 15) is 4.39 Å². The first-order valence-electron chi connectivity index (χ1n) is 6.76. The van der Waals surface area contributed by atoms with Crippen molar-refractivity contribution in [3.05, 3.63) is 34.1 Å². The van der Waals surface area contributed by atoms with E-state index in [1.807, 2.05) is 6.07 Å². The van der Waals surface area contributed by atoms with Gasteiger partial charge < -0.3 is 10.6 Å². The highest BCUT2D eigenvalue weighted by molar-refractivity contribution is 9.10. The van der Waals surface area contributed by atoms with Gasteiger partial charge in [0.05, 0.1) is 0 Å². The Morgan fingerprint density at radius 3 is 2.89 bits per heavy atom. The van der Waals surface area contributed by atoms with Crippen LogP contribution in [0.2, 0.25) is 0 Å². The van der Waals surface area contributed by atoms with E-state index in [0.717, 1.165) is 37.2 Å². The Kier molecular flexibility index (Phi) is 5.76. The molecule has 1 atom stereocenters. The Bertz CT molecular complexity index is 408. The predicted molar refractivity (Wildman–Crippen MR) is 79.7 cm³/mol. The number of nitrogens with one attached hydrogen (secondary N) is 2. The van der Waals surface area contributed by atoms with Gasteiger partial charge in [-0.3, -0.25) is 4.90 Å². The van der Waals surface area contributed by atoms with Crippen molar-refractivity contribution in [2.45, 2.75) is 19.5 Å². The van der Waals surface area contributed by atoms with Crippen LogP contribution in [0.5, 0.6) is 0 Å². The molecule has 2 rings (SSSR count). The molecule has 1 aliphatic rings.